The maximum atomic E-state index is 16.0. The summed E-state index contributed by atoms with van der Waals surface area (Å²) < 4.78 is 34.6. The molecular weight excluding hydrogens is 470 g/mol. The number of hydrogen-bond acceptors (Lipinski definition) is 6. The molecule has 1 saturated carbocycles. The van der Waals surface area contributed by atoms with Crippen LogP contribution < -0.4 is 16.1 Å². The van der Waals surface area contributed by atoms with Crippen molar-refractivity contribution in [1.82, 2.24) is 19.6 Å². The van der Waals surface area contributed by atoms with Gasteiger partial charge in [-0.05, 0) is 19.3 Å². The standard InChI is InChI=1S/C25H22F2N6O3/c26-19-21(28)18-22(32(14-6-7-14)11-16(24(18)34)25(35)36)20(27)23(19)31-9-8-15(10-31)33-12-17(29-30-33)13-4-2-1-3-5-13/h1-5,11-12,14-15H,6-10,28H2,(H,35,36). The highest BCUT2D eigenvalue weighted by molar-refractivity contribution is 5.99. The third-order valence-corrected chi connectivity index (χ3v) is 6.97. The van der Waals surface area contributed by atoms with Crippen LogP contribution in [0, 0.1) is 11.6 Å². The van der Waals surface area contributed by atoms with Crippen molar-refractivity contribution < 1.29 is 18.7 Å². The largest absolute Gasteiger partial charge is 0.477 e. The molecule has 1 atom stereocenters. The Bertz CT molecular complexity index is 1580. The zero-order valence-electron chi connectivity index (χ0n) is 19.1. The molecule has 0 amide bonds. The summed E-state index contributed by atoms with van der Waals surface area (Å²) in [5.41, 5.74) is 5.07. The molecule has 0 radical (unpaired) electrons. The minimum Gasteiger partial charge on any atom is -0.477 e. The Labute approximate surface area is 203 Å². The number of halogens is 2. The van der Waals surface area contributed by atoms with E-state index in [2.05, 4.69) is 10.3 Å². The first-order chi connectivity index (χ1) is 17.3. The number of aromatic carboxylic acids is 1. The number of nitrogen functional groups attached to an aromatic ring is 1. The molecule has 184 valence electrons. The molecule has 11 heteroatoms. The molecular formula is C25H22F2N6O3. The van der Waals surface area contributed by atoms with Crippen molar-refractivity contribution in [2.24, 2.45) is 0 Å². The average molecular weight is 492 g/mol. The van der Waals surface area contributed by atoms with Crippen molar-refractivity contribution in [3.05, 3.63) is 70.1 Å². The molecule has 3 N–H and O–H groups in total. The molecule has 6 rings (SSSR count). The van der Waals surface area contributed by atoms with Crippen molar-refractivity contribution in [2.45, 2.75) is 31.3 Å². The third kappa shape index (κ3) is 3.42. The van der Waals surface area contributed by atoms with Crippen LogP contribution in [0.3, 0.4) is 0 Å². The fraction of sp³-hybridized carbons (Fsp3) is 0.280. The van der Waals surface area contributed by atoms with Gasteiger partial charge in [0.1, 0.15) is 16.9 Å². The lowest BCUT2D eigenvalue weighted by Crippen LogP contribution is -2.26. The van der Waals surface area contributed by atoms with Gasteiger partial charge in [-0.15, -0.1) is 5.10 Å². The second kappa shape index (κ2) is 8.14. The minimum atomic E-state index is -1.47. The summed E-state index contributed by atoms with van der Waals surface area (Å²) in [6.07, 6.45) is 4.92. The van der Waals surface area contributed by atoms with Crippen LogP contribution in [0.25, 0.3) is 22.2 Å². The molecule has 4 aromatic rings. The SMILES string of the molecule is Nc1c(F)c(N2CCC(n3cc(-c4ccccc4)nn3)C2)c(F)c2c1c(=O)c(C(=O)O)cn2C1CC1. The molecule has 0 bridgehead atoms. The molecule has 1 aliphatic carbocycles. The molecule has 3 heterocycles. The van der Waals surface area contributed by atoms with Gasteiger partial charge in [0.15, 0.2) is 11.6 Å². The van der Waals surface area contributed by atoms with E-state index in [1.165, 1.54) is 4.57 Å². The van der Waals surface area contributed by atoms with Gasteiger partial charge in [0.2, 0.25) is 5.43 Å². The van der Waals surface area contributed by atoms with Crippen LogP contribution in [0.15, 0.2) is 47.5 Å². The summed E-state index contributed by atoms with van der Waals surface area (Å²) in [6, 6.07) is 9.22. The van der Waals surface area contributed by atoms with E-state index in [9.17, 15) is 14.7 Å². The van der Waals surface area contributed by atoms with Gasteiger partial charge in [-0.3, -0.25) is 4.79 Å². The van der Waals surface area contributed by atoms with Gasteiger partial charge in [-0.2, -0.15) is 0 Å². The van der Waals surface area contributed by atoms with Crippen molar-refractivity contribution in [3.63, 3.8) is 0 Å². The van der Waals surface area contributed by atoms with Crippen molar-refractivity contribution in [3.8, 4) is 11.3 Å². The van der Waals surface area contributed by atoms with E-state index in [0.717, 1.165) is 11.8 Å². The Hall–Kier alpha value is -4.28. The zero-order valence-corrected chi connectivity index (χ0v) is 19.1. The number of anilines is 2. The van der Waals surface area contributed by atoms with Crippen LogP contribution in [0.4, 0.5) is 20.2 Å². The summed E-state index contributed by atoms with van der Waals surface area (Å²) in [5, 5.41) is 17.5. The summed E-state index contributed by atoms with van der Waals surface area (Å²) in [6.45, 7) is 0.599. The van der Waals surface area contributed by atoms with Gasteiger partial charge < -0.3 is 20.3 Å². The van der Waals surface area contributed by atoms with Gasteiger partial charge >= 0.3 is 5.97 Å². The van der Waals surface area contributed by atoms with Crippen molar-refractivity contribution >= 4 is 28.2 Å². The van der Waals surface area contributed by atoms with Gasteiger partial charge in [0.25, 0.3) is 0 Å². The number of pyridine rings is 1. The Morgan fingerprint density at radius 2 is 1.81 bits per heavy atom. The van der Waals surface area contributed by atoms with E-state index in [-0.39, 0.29) is 29.8 Å². The number of carboxylic acids is 1. The lowest BCUT2D eigenvalue weighted by molar-refractivity contribution is 0.0695. The first-order valence-electron chi connectivity index (χ1n) is 11.7. The molecule has 1 aliphatic heterocycles. The van der Waals surface area contributed by atoms with E-state index in [1.54, 1.807) is 9.58 Å². The maximum absolute atomic E-state index is 16.0. The lowest BCUT2D eigenvalue weighted by atomic mass is 10.1. The highest BCUT2D eigenvalue weighted by Crippen LogP contribution is 2.42. The zero-order chi connectivity index (χ0) is 25.1. The predicted molar refractivity (Wildman–Crippen MR) is 129 cm³/mol. The van der Waals surface area contributed by atoms with E-state index >= 15 is 8.78 Å². The molecule has 1 saturated heterocycles. The molecule has 2 aliphatic rings. The topological polar surface area (TPSA) is 119 Å². The summed E-state index contributed by atoms with van der Waals surface area (Å²) >= 11 is 0. The molecule has 0 spiro atoms. The average Bonchev–Trinajstić information content (AvgIpc) is 3.39. The number of fused-ring (bicyclic) bond motifs is 1. The smallest absolute Gasteiger partial charge is 0.341 e. The number of aromatic nitrogens is 4. The van der Waals surface area contributed by atoms with E-state index in [4.69, 9.17) is 5.73 Å². The van der Waals surface area contributed by atoms with Gasteiger partial charge in [0.05, 0.1) is 28.8 Å². The maximum Gasteiger partial charge on any atom is 0.341 e. The summed E-state index contributed by atoms with van der Waals surface area (Å²) in [4.78, 5) is 26.0. The first kappa shape index (κ1) is 22.2. The van der Waals surface area contributed by atoms with Crippen LogP contribution in [0.1, 0.15) is 41.7 Å². The molecule has 2 fully saturated rings. The van der Waals surface area contributed by atoms with Crippen LogP contribution in [0.2, 0.25) is 0 Å². The van der Waals surface area contributed by atoms with Crippen molar-refractivity contribution in [2.75, 3.05) is 23.7 Å². The van der Waals surface area contributed by atoms with E-state index in [0.29, 0.717) is 31.5 Å². The fourth-order valence-electron chi connectivity index (χ4n) is 4.98. The Morgan fingerprint density at radius 3 is 2.50 bits per heavy atom. The number of benzene rings is 2. The van der Waals surface area contributed by atoms with Crippen molar-refractivity contribution in [1.29, 1.82) is 0 Å². The minimum absolute atomic E-state index is 0.156. The van der Waals surface area contributed by atoms with Gasteiger partial charge in [-0.25, -0.2) is 18.3 Å². The monoisotopic (exact) mass is 492 g/mol. The van der Waals surface area contributed by atoms with Gasteiger partial charge in [0, 0.05) is 30.9 Å². The van der Waals surface area contributed by atoms with Crippen LogP contribution in [0.5, 0.6) is 0 Å². The Kier molecular flexibility index (Phi) is 5.02. The second-order valence-electron chi connectivity index (χ2n) is 9.27. The number of carboxylic acid groups (broad SMARTS) is 1. The van der Waals surface area contributed by atoms with Crippen LogP contribution in [-0.2, 0) is 0 Å². The normalized spacial score (nSPS) is 17.7. The second-order valence-corrected chi connectivity index (χ2v) is 9.27. The number of hydrogen-bond donors (Lipinski definition) is 2. The summed E-state index contributed by atoms with van der Waals surface area (Å²) in [7, 11) is 0. The quantitative estimate of drug-likeness (QED) is 0.409. The molecule has 2 aromatic heterocycles. The fourth-order valence-corrected chi connectivity index (χ4v) is 4.98. The van der Waals surface area contributed by atoms with Crippen LogP contribution >= 0.6 is 0 Å². The third-order valence-electron chi connectivity index (χ3n) is 6.97. The molecule has 1 unspecified atom stereocenters. The molecule has 9 nitrogen and oxygen atoms in total. The molecule has 2 aromatic carbocycles. The number of nitrogens with zero attached hydrogens (tertiary/aromatic N) is 5. The van der Waals surface area contributed by atoms with E-state index < -0.39 is 39.7 Å². The Balaban J connectivity index is 1.41. The number of nitrogens with two attached hydrogens (primary N) is 1. The number of carbonyl (C=O) groups is 1. The van der Waals surface area contributed by atoms with Crippen LogP contribution in [-0.4, -0.2) is 43.7 Å². The lowest BCUT2D eigenvalue weighted by Gasteiger charge is -2.23. The number of rotatable bonds is 5. The highest BCUT2D eigenvalue weighted by atomic mass is 19.1. The van der Waals surface area contributed by atoms with Gasteiger partial charge in [-0.1, -0.05) is 35.5 Å². The van der Waals surface area contributed by atoms with E-state index in [1.807, 2.05) is 36.5 Å². The Morgan fingerprint density at radius 1 is 1.06 bits per heavy atom. The summed E-state index contributed by atoms with van der Waals surface area (Å²) in [5.74, 6) is -3.45. The highest BCUT2D eigenvalue weighted by Gasteiger charge is 2.35. The first-order valence-corrected chi connectivity index (χ1v) is 11.7. The predicted octanol–water partition coefficient (Wildman–Crippen LogP) is 3.60. The molecule has 36 heavy (non-hydrogen) atoms.